The molecule has 3 heterocycles. The molecule has 1 saturated carbocycles. The molecular weight excluding hydrogens is 435 g/mol. The molecule has 0 radical (unpaired) electrons. The van der Waals surface area contributed by atoms with Crippen LogP contribution in [0.3, 0.4) is 0 Å². The van der Waals surface area contributed by atoms with E-state index in [1.807, 2.05) is 0 Å². The number of carbonyl (C=O) groups excluding carboxylic acids is 1. The van der Waals surface area contributed by atoms with Crippen LogP contribution in [0.4, 0.5) is 13.2 Å². The average Bonchev–Trinajstić information content (AvgIpc) is 3.19. The summed E-state index contributed by atoms with van der Waals surface area (Å²) in [6.45, 7) is 8.36. The van der Waals surface area contributed by atoms with E-state index in [0.717, 1.165) is 45.0 Å². The molecule has 1 saturated heterocycles. The highest BCUT2D eigenvalue weighted by molar-refractivity contribution is 5.83. The second kappa shape index (κ2) is 9.06. The summed E-state index contributed by atoms with van der Waals surface area (Å²) in [5.41, 5.74) is -1.92. The van der Waals surface area contributed by atoms with Gasteiger partial charge in [-0.25, -0.2) is 0 Å². The summed E-state index contributed by atoms with van der Waals surface area (Å²) in [6.07, 6.45) is -1.26. The predicted molar refractivity (Wildman–Crippen MR) is 118 cm³/mol. The largest absolute Gasteiger partial charge is 0.416 e. The number of ether oxygens (including phenoxy) is 1. The highest BCUT2D eigenvalue weighted by Gasteiger charge is 2.50. The van der Waals surface area contributed by atoms with Crippen molar-refractivity contribution in [2.75, 3.05) is 19.8 Å². The van der Waals surface area contributed by atoms with Crippen molar-refractivity contribution < 1.29 is 22.7 Å². The summed E-state index contributed by atoms with van der Waals surface area (Å²) < 4.78 is 46.6. The predicted octanol–water partition coefficient (Wildman–Crippen LogP) is 3.42. The van der Waals surface area contributed by atoms with E-state index in [0.29, 0.717) is 24.6 Å². The molecule has 1 aromatic rings. The lowest BCUT2D eigenvalue weighted by atomic mass is 9.74. The maximum atomic E-state index is 13.8. The maximum absolute atomic E-state index is 13.8. The highest BCUT2D eigenvalue weighted by atomic mass is 19.4. The van der Waals surface area contributed by atoms with Crippen LogP contribution in [-0.4, -0.2) is 47.2 Å². The first-order chi connectivity index (χ1) is 15.5. The third kappa shape index (κ3) is 4.71. The van der Waals surface area contributed by atoms with Crippen molar-refractivity contribution in [2.45, 2.75) is 77.8 Å². The molecule has 1 amide bonds. The molecule has 4 rings (SSSR count). The van der Waals surface area contributed by atoms with Crippen LogP contribution in [0, 0.1) is 17.3 Å². The van der Waals surface area contributed by atoms with Crippen LogP contribution < -0.4 is 10.9 Å². The van der Waals surface area contributed by atoms with E-state index in [-0.39, 0.29) is 36.7 Å². The van der Waals surface area contributed by atoms with Crippen LogP contribution in [0.25, 0.3) is 0 Å². The van der Waals surface area contributed by atoms with Gasteiger partial charge in [-0.3, -0.25) is 9.59 Å². The van der Waals surface area contributed by atoms with Crippen LogP contribution in [0.2, 0.25) is 0 Å². The number of fused-ring (bicyclic) bond motifs is 1. The molecular formula is C24H34F3N3O3. The van der Waals surface area contributed by atoms with Gasteiger partial charge in [0.15, 0.2) is 0 Å². The van der Waals surface area contributed by atoms with E-state index >= 15 is 0 Å². The molecule has 2 aliphatic heterocycles. The second-order valence-electron chi connectivity index (χ2n) is 10.3. The first-order valence-corrected chi connectivity index (χ1v) is 12.0. The number of nitrogens with one attached hydrogen (secondary N) is 1. The Labute approximate surface area is 192 Å². The van der Waals surface area contributed by atoms with Gasteiger partial charge in [0.1, 0.15) is 0 Å². The maximum Gasteiger partial charge on any atom is 0.416 e. The van der Waals surface area contributed by atoms with Gasteiger partial charge in [-0.05, 0) is 43.6 Å². The minimum atomic E-state index is -4.59. The average molecular weight is 470 g/mol. The normalized spacial score (nSPS) is 30.5. The Kier molecular flexibility index (Phi) is 6.66. The fourth-order valence-corrected chi connectivity index (χ4v) is 5.80. The Balaban J connectivity index is 1.51. The number of alkyl halides is 3. The van der Waals surface area contributed by atoms with Gasteiger partial charge < -0.3 is 19.5 Å². The molecule has 0 spiro atoms. The van der Waals surface area contributed by atoms with Crippen LogP contribution in [-0.2, 0) is 28.8 Å². The quantitative estimate of drug-likeness (QED) is 0.734. The third-order valence-electron chi connectivity index (χ3n) is 7.95. The lowest BCUT2D eigenvalue weighted by Crippen LogP contribution is -2.51. The topological polar surface area (TPSA) is 63.6 Å². The molecule has 4 atom stereocenters. The van der Waals surface area contributed by atoms with Gasteiger partial charge in [-0.2, -0.15) is 13.2 Å². The Hall–Kier alpha value is -1.87. The number of rotatable bonds is 4. The van der Waals surface area contributed by atoms with Crippen LogP contribution in [0.15, 0.2) is 16.9 Å². The van der Waals surface area contributed by atoms with Crippen molar-refractivity contribution in [1.29, 1.82) is 0 Å². The summed E-state index contributed by atoms with van der Waals surface area (Å²) in [5, 5.41) is 3.76. The van der Waals surface area contributed by atoms with E-state index in [1.54, 1.807) is 4.90 Å². The Morgan fingerprint density at radius 1 is 1.24 bits per heavy atom. The van der Waals surface area contributed by atoms with Gasteiger partial charge in [0, 0.05) is 43.5 Å². The third-order valence-corrected chi connectivity index (χ3v) is 7.95. The van der Waals surface area contributed by atoms with Gasteiger partial charge in [0.05, 0.1) is 24.1 Å². The summed E-state index contributed by atoms with van der Waals surface area (Å²) in [6, 6.07) is 2.25. The van der Waals surface area contributed by atoms with Gasteiger partial charge in [0.2, 0.25) is 5.91 Å². The molecule has 0 bridgehead atoms. The van der Waals surface area contributed by atoms with Crippen molar-refractivity contribution in [3.05, 3.63) is 33.7 Å². The number of amides is 1. The van der Waals surface area contributed by atoms with E-state index in [1.165, 1.54) is 4.57 Å². The summed E-state index contributed by atoms with van der Waals surface area (Å²) in [7, 11) is 0. The van der Waals surface area contributed by atoms with Gasteiger partial charge >= 0.3 is 6.18 Å². The first-order valence-electron chi connectivity index (χ1n) is 12.0. The lowest BCUT2D eigenvalue weighted by Gasteiger charge is -2.40. The number of aromatic nitrogens is 1. The molecule has 0 unspecified atom stereocenters. The van der Waals surface area contributed by atoms with Crippen molar-refractivity contribution in [3.8, 4) is 0 Å². The van der Waals surface area contributed by atoms with E-state index in [2.05, 4.69) is 26.1 Å². The number of carbonyl (C=O) groups is 1. The first kappa shape index (κ1) is 24.3. The van der Waals surface area contributed by atoms with Crippen LogP contribution in [0.5, 0.6) is 0 Å². The summed E-state index contributed by atoms with van der Waals surface area (Å²) in [5.74, 6) is 0.524. The zero-order valence-corrected chi connectivity index (χ0v) is 19.6. The molecule has 6 nitrogen and oxygen atoms in total. The van der Waals surface area contributed by atoms with Crippen molar-refractivity contribution in [2.24, 2.45) is 17.3 Å². The highest BCUT2D eigenvalue weighted by Crippen LogP contribution is 2.46. The standard InChI is InChI=1S/C24H34F3N3O3/c1-15(2)23(6-4-18(12-23)28-20-5-9-33-14-16(20)3)22(32)29-7-8-30-19(13-29)10-17(11-21(30)31)24(25,26)27/h10-11,15-16,18,20,28H,4-9,12-14H2,1-3H3/t16-,18-,20-,23+/m1/s1. The second-order valence-corrected chi connectivity index (χ2v) is 10.3. The Morgan fingerprint density at radius 2 is 2.00 bits per heavy atom. The summed E-state index contributed by atoms with van der Waals surface area (Å²) in [4.78, 5) is 27.7. The zero-order chi connectivity index (χ0) is 24.0. The monoisotopic (exact) mass is 469 g/mol. The number of pyridine rings is 1. The summed E-state index contributed by atoms with van der Waals surface area (Å²) >= 11 is 0. The number of hydrogen-bond acceptors (Lipinski definition) is 4. The van der Waals surface area contributed by atoms with Gasteiger partial charge in [-0.1, -0.05) is 20.8 Å². The van der Waals surface area contributed by atoms with Gasteiger partial charge in [0.25, 0.3) is 5.56 Å². The van der Waals surface area contributed by atoms with E-state index < -0.39 is 22.7 Å². The molecule has 2 fully saturated rings. The van der Waals surface area contributed by atoms with Gasteiger partial charge in [-0.15, -0.1) is 0 Å². The fraction of sp³-hybridized carbons (Fsp3) is 0.750. The van der Waals surface area contributed by atoms with Crippen LogP contribution in [0.1, 0.15) is 57.7 Å². The van der Waals surface area contributed by atoms with Crippen molar-refractivity contribution >= 4 is 5.91 Å². The Morgan fingerprint density at radius 3 is 2.67 bits per heavy atom. The number of halogens is 3. The minimum absolute atomic E-state index is 0.00191. The molecule has 33 heavy (non-hydrogen) atoms. The molecule has 3 aliphatic rings. The van der Waals surface area contributed by atoms with Crippen molar-refractivity contribution in [1.82, 2.24) is 14.8 Å². The molecule has 184 valence electrons. The molecule has 1 N–H and O–H groups in total. The molecule has 0 aromatic carbocycles. The number of hydrogen-bond donors (Lipinski definition) is 1. The fourth-order valence-electron chi connectivity index (χ4n) is 5.80. The molecule has 1 aliphatic carbocycles. The zero-order valence-electron chi connectivity index (χ0n) is 19.6. The SMILES string of the molecule is CC(C)[C@]1(C(=O)N2CCn3c(cc(C(F)(F)F)cc3=O)C2)CC[C@@H](N[C@@H]2CCOC[C@H]2C)C1. The van der Waals surface area contributed by atoms with E-state index in [4.69, 9.17) is 4.74 Å². The number of nitrogens with zero attached hydrogens (tertiary/aromatic N) is 2. The Bertz CT molecular complexity index is 945. The minimum Gasteiger partial charge on any atom is -0.381 e. The smallest absolute Gasteiger partial charge is 0.381 e. The van der Waals surface area contributed by atoms with Crippen molar-refractivity contribution in [3.63, 3.8) is 0 Å². The van der Waals surface area contributed by atoms with Crippen LogP contribution >= 0.6 is 0 Å². The molecule has 9 heteroatoms. The van der Waals surface area contributed by atoms with E-state index in [9.17, 15) is 22.8 Å². The lowest BCUT2D eigenvalue weighted by molar-refractivity contribution is -0.146. The molecule has 1 aromatic heterocycles.